The van der Waals surface area contributed by atoms with Gasteiger partial charge in [-0.25, -0.2) is 4.98 Å². The molecular formula is C16H12N4. The van der Waals surface area contributed by atoms with E-state index in [1.807, 2.05) is 42.5 Å². The Kier molecular flexibility index (Phi) is 2.23. The second kappa shape index (κ2) is 4.06. The van der Waals surface area contributed by atoms with Gasteiger partial charge in [0, 0.05) is 11.6 Å². The number of aromatic amines is 1. The molecule has 2 heterocycles. The molecule has 0 spiro atoms. The van der Waals surface area contributed by atoms with Crippen molar-refractivity contribution in [3.05, 3.63) is 54.7 Å². The number of fused-ring (bicyclic) bond motifs is 2. The number of nitrogens with two attached hydrogens (primary N) is 1. The number of para-hydroxylation sites is 1. The molecule has 0 unspecified atom stereocenters. The summed E-state index contributed by atoms with van der Waals surface area (Å²) in [7, 11) is 0. The second-order valence-electron chi connectivity index (χ2n) is 4.71. The summed E-state index contributed by atoms with van der Waals surface area (Å²) in [5.41, 5.74) is 9.19. The van der Waals surface area contributed by atoms with Gasteiger partial charge in [0.15, 0.2) is 5.82 Å². The lowest BCUT2D eigenvalue weighted by atomic mass is 10.1. The highest BCUT2D eigenvalue weighted by molar-refractivity contribution is 5.96. The molecule has 0 bridgehead atoms. The van der Waals surface area contributed by atoms with E-state index in [-0.39, 0.29) is 0 Å². The summed E-state index contributed by atoms with van der Waals surface area (Å²) in [5, 5.41) is 2.22. The normalized spacial score (nSPS) is 11.2. The fourth-order valence-corrected chi connectivity index (χ4v) is 2.47. The first-order valence-electron chi connectivity index (χ1n) is 6.41. The van der Waals surface area contributed by atoms with Crippen LogP contribution in [0, 0.1) is 0 Å². The van der Waals surface area contributed by atoms with Crippen LogP contribution in [0.1, 0.15) is 0 Å². The van der Waals surface area contributed by atoms with E-state index >= 15 is 0 Å². The van der Waals surface area contributed by atoms with Crippen molar-refractivity contribution in [3.8, 4) is 11.5 Å². The third-order valence-corrected chi connectivity index (χ3v) is 3.44. The first kappa shape index (κ1) is 11.0. The van der Waals surface area contributed by atoms with Gasteiger partial charge in [-0.1, -0.05) is 30.3 Å². The van der Waals surface area contributed by atoms with Crippen LogP contribution in [-0.4, -0.2) is 15.0 Å². The van der Waals surface area contributed by atoms with Gasteiger partial charge in [-0.15, -0.1) is 0 Å². The van der Waals surface area contributed by atoms with E-state index < -0.39 is 0 Å². The fourth-order valence-electron chi connectivity index (χ4n) is 2.47. The molecule has 4 aromatic rings. The third-order valence-electron chi connectivity index (χ3n) is 3.44. The van der Waals surface area contributed by atoms with E-state index in [1.54, 1.807) is 6.20 Å². The zero-order valence-electron chi connectivity index (χ0n) is 10.7. The van der Waals surface area contributed by atoms with Crippen molar-refractivity contribution in [1.29, 1.82) is 0 Å². The van der Waals surface area contributed by atoms with Crippen molar-refractivity contribution in [1.82, 2.24) is 15.0 Å². The van der Waals surface area contributed by atoms with Gasteiger partial charge in [-0.05, 0) is 23.6 Å². The van der Waals surface area contributed by atoms with Crippen LogP contribution in [0.2, 0.25) is 0 Å². The van der Waals surface area contributed by atoms with Crippen LogP contribution >= 0.6 is 0 Å². The van der Waals surface area contributed by atoms with E-state index in [2.05, 4.69) is 21.0 Å². The number of hydrogen-bond acceptors (Lipinski definition) is 3. The molecule has 2 aromatic heterocycles. The van der Waals surface area contributed by atoms with Crippen LogP contribution in [-0.2, 0) is 0 Å². The topological polar surface area (TPSA) is 67.6 Å². The minimum absolute atomic E-state index is 0.672. The highest BCUT2D eigenvalue weighted by Crippen LogP contribution is 2.27. The molecule has 3 N–H and O–H groups in total. The number of nitrogens with one attached hydrogen (secondary N) is 1. The van der Waals surface area contributed by atoms with E-state index in [9.17, 15) is 0 Å². The lowest BCUT2D eigenvalue weighted by Crippen LogP contribution is -1.88. The summed E-state index contributed by atoms with van der Waals surface area (Å²) in [4.78, 5) is 12.3. The van der Waals surface area contributed by atoms with Crippen molar-refractivity contribution in [2.45, 2.75) is 0 Å². The molecule has 0 fully saturated rings. The zero-order chi connectivity index (χ0) is 13.5. The van der Waals surface area contributed by atoms with Crippen molar-refractivity contribution in [2.75, 3.05) is 5.73 Å². The summed E-state index contributed by atoms with van der Waals surface area (Å²) in [6.07, 6.45) is 1.80. The number of pyridine rings is 1. The van der Waals surface area contributed by atoms with E-state index in [1.165, 1.54) is 0 Å². The minimum Gasteiger partial charge on any atom is -0.397 e. The smallest absolute Gasteiger partial charge is 0.157 e. The minimum atomic E-state index is 0.672. The maximum absolute atomic E-state index is 5.96. The molecule has 0 saturated carbocycles. The summed E-state index contributed by atoms with van der Waals surface area (Å²) in [6.45, 7) is 0. The summed E-state index contributed by atoms with van der Waals surface area (Å²) in [5.74, 6) is 0.745. The Hall–Kier alpha value is -2.88. The summed E-state index contributed by atoms with van der Waals surface area (Å²) >= 11 is 0. The Morgan fingerprint density at radius 2 is 1.85 bits per heavy atom. The molecule has 4 rings (SSSR count). The number of benzene rings is 2. The second-order valence-corrected chi connectivity index (χ2v) is 4.71. The number of aromatic nitrogens is 3. The maximum atomic E-state index is 5.96. The van der Waals surface area contributed by atoms with Crippen LogP contribution in [0.15, 0.2) is 54.7 Å². The Morgan fingerprint density at radius 3 is 2.75 bits per heavy atom. The molecule has 2 aromatic carbocycles. The molecule has 0 atom stereocenters. The van der Waals surface area contributed by atoms with Gasteiger partial charge in [-0.3, -0.25) is 4.98 Å². The van der Waals surface area contributed by atoms with Crippen LogP contribution in [0.5, 0.6) is 0 Å². The maximum Gasteiger partial charge on any atom is 0.157 e. The molecule has 0 aliphatic carbocycles. The largest absolute Gasteiger partial charge is 0.397 e. The third kappa shape index (κ3) is 1.55. The van der Waals surface area contributed by atoms with Gasteiger partial charge >= 0.3 is 0 Å². The van der Waals surface area contributed by atoms with Gasteiger partial charge in [0.2, 0.25) is 0 Å². The molecule has 20 heavy (non-hydrogen) atoms. The van der Waals surface area contributed by atoms with Gasteiger partial charge in [-0.2, -0.15) is 0 Å². The molecule has 0 aliphatic heterocycles. The monoisotopic (exact) mass is 260 g/mol. The first-order chi connectivity index (χ1) is 9.83. The van der Waals surface area contributed by atoms with Crippen molar-refractivity contribution in [2.24, 2.45) is 0 Å². The average Bonchev–Trinajstić information content (AvgIpc) is 2.92. The fraction of sp³-hybridized carbons (Fsp3) is 0. The lowest BCUT2D eigenvalue weighted by Gasteiger charge is -2.01. The number of H-pyrrole nitrogens is 1. The molecule has 0 saturated heterocycles. The van der Waals surface area contributed by atoms with Gasteiger partial charge in [0.25, 0.3) is 0 Å². The van der Waals surface area contributed by atoms with E-state index in [4.69, 9.17) is 5.73 Å². The lowest BCUT2D eigenvalue weighted by molar-refractivity contribution is 1.26. The van der Waals surface area contributed by atoms with Crippen LogP contribution in [0.25, 0.3) is 33.3 Å². The Bertz CT molecular complexity index is 919. The SMILES string of the molecule is Nc1cccc2[nH]c(-c3nccc4ccccc34)nc12. The van der Waals surface area contributed by atoms with Crippen molar-refractivity contribution >= 4 is 27.5 Å². The molecule has 96 valence electrons. The predicted octanol–water partition coefficient (Wildman–Crippen LogP) is 3.36. The Morgan fingerprint density at radius 1 is 0.950 bits per heavy atom. The molecule has 0 aliphatic rings. The van der Waals surface area contributed by atoms with Gasteiger partial charge < -0.3 is 10.7 Å². The van der Waals surface area contributed by atoms with E-state index in [0.717, 1.165) is 33.3 Å². The highest BCUT2D eigenvalue weighted by atomic mass is 15.0. The molecule has 0 amide bonds. The summed E-state index contributed by atoms with van der Waals surface area (Å²) in [6, 6.07) is 15.9. The molecular weight excluding hydrogens is 248 g/mol. The number of nitrogen functional groups attached to an aromatic ring is 1. The Labute approximate surface area is 115 Å². The van der Waals surface area contributed by atoms with Gasteiger partial charge in [0.05, 0.1) is 11.2 Å². The zero-order valence-corrected chi connectivity index (χ0v) is 10.7. The standard InChI is InChI=1S/C16H12N4/c17-12-6-3-7-13-15(12)20-16(19-13)14-11-5-2-1-4-10(11)8-9-18-14/h1-9H,17H2,(H,19,20). The number of hydrogen-bond donors (Lipinski definition) is 2. The quantitative estimate of drug-likeness (QED) is 0.516. The average molecular weight is 260 g/mol. The van der Waals surface area contributed by atoms with Crippen molar-refractivity contribution < 1.29 is 0 Å². The number of rotatable bonds is 1. The number of imidazole rings is 1. The van der Waals surface area contributed by atoms with Crippen molar-refractivity contribution in [3.63, 3.8) is 0 Å². The first-order valence-corrected chi connectivity index (χ1v) is 6.41. The summed E-state index contributed by atoms with van der Waals surface area (Å²) < 4.78 is 0. The molecule has 4 heteroatoms. The number of anilines is 1. The van der Waals surface area contributed by atoms with Crippen LogP contribution in [0.4, 0.5) is 5.69 Å². The molecule has 4 nitrogen and oxygen atoms in total. The van der Waals surface area contributed by atoms with E-state index in [0.29, 0.717) is 5.69 Å². The van der Waals surface area contributed by atoms with Crippen LogP contribution in [0.3, 0.4) is 0 Å². The Balaban J connectivity index is 2.04. The highest BCUT2D eigenvalue weighted by Gasteiger charge is 2.11. The molecule has 0 radical (unpaired) electrons. The predicted molar refractivity (Wildman–Crippen MR) is 81.2 cm³/mol. The van der Waals surface area contributed by atoms with Gasteiger partial charge in [0.1, 0.15) is 11.2 Å². The van der Waals surface area contributed by atoms with Crippen LogP contribution < -0.4 is 5.73 Å². The number of nitrogens with zero attached hydrogens (tertiary/aromatic N) is 2.